The van der Waals surface area contributed by atoms with E-state index >= 15 is 0 Å². The molecule has 0 spiro atoms. The van der Waals surface area contributed by atoms with Crippen molar-refractivity contribution in [1.82, 2.24) is 4.98 Å². The van der Waals surface area contributed by atoms with Crippen LogP contribution in [-0.2, 0) is 4.79 Å². The monoisotopic (exact) mass is 433 g/mol. The number of amidine groups is 1. The average molecular weight is 434 g/mol. The van der Waals surface area contributed by atoms with Crippen molar-refractivity contribution in [1.29, 1.82) is 0 Å². The van der Waals surface area contributed by atoms with Crippen LogP contribution in [0.4, 0.5) is 5.69 Å². The number of thioether (sulfide) groups is 1. The molecule has 1 aliphatic rings. The summed E-state index contributed by atoms with van der Waals surface area (Å²) in [5.41, 5.74) is 1.76. The maximum absolute atomic E-state index is 12.4. The molecule has 0 bridgehead atoms. The van der Waals surface area contributed by atoms with E-state index < -0.39 is 0 Å². The maximum atomic E-state index is 12.4. The first-order valence-electron chi connectivity index (χ1n) is 9.08. The van der Waals surface area contributed by atoms with Gasteiger partial charge in [-0.2, -0.15) is 4.99 Å². The zero-order valence-corrected chi connectivity index (χ0v) is 17.4. The third-order valence-corrected chi connectivity index (χ3v) is 6.65. The van der Waals surface area contributed by atoms with Crippen LogP contribution in [0.5, 0.6) is 5.75 Å². The minimum absolute atomic E-state index is 0.187. The first-order valence-corrected chi connectivity index (χ1v) is 10.7. The molecule has 8 heteroatoms. The molecule has 3 heterocycles. The number of aliphatic imine (C=N–C) groups is 1. The van der Waals surface area contributed by atoms with E-state index in [0.717, 1.165) is 20.9 Å². The van der Waals surface area contributed by atoms with E-state index in [2.05, 4.69) is 9.98 Å². The number of hydrogen-bond donors (Lipinski definition) is 1. The largest absolute Gasteiger partial charge is 0.508 e. The second-order valence-corrected chi connectivity index (χ2v) is 8.61. The summed E-state index contributed by atoms with van der Waals surface area (Å²) in [7, 11) is 1.83. The van der Waals surface area contributed by atoms with E-state index in [4.69, 9.17) is 4.42 Å². The van der Waals surface area contributed by atoms with E-state index in [-0.39, 0.29) is 11.7 Å². The Labute approximate surface area is 180 Å². The fourth-order valence-electron chi connectivity index (χ4n) is 2.98. The summed E-state index contributed by atoms with van der Waals surface area (Å²) in [5, 5.41) is 10.8. The number of carbonyl (C=O) groups is 1. The third-order valence-electron chi connectivity index (χ3n) is 4.54. The lowest BCUT2D eigenvalue weighted by Crippen LogP contribution is -2.21. The smallest absolute Gasteiger partial charge is 0.286 e. The van der Waals surface area contributed by atoms with Crippen LogP contribution < -0.4 is 4.90 Å². The molecule has 4 aromatic rings. The van der Waals surface area contributed by atoms with Crippen LogP contribution in [-0.4, -0.2) is 28.2 Å². The summed E-state index contributed by atoms with van der Waals surface area (Å²) in [6.07, 6.45) is 1.70. The maximum Gasteiger partial charge on any atom is 0.286 e. The average Bonchev–Trinajstić information content (AvgIpc) is 3.47. The van der Waals surface area contributed by atoms with Gasteiger partial charge in [0.1, 0.15) is 11.5 Å². The molecular formula is C22H15N3O3S2. The number of para-hydroxylation sites is 1. The zero-order chi connectivity index (χ0) is 20.7. The topological polar surface area (TPSA) is 78.9 Å². The van der Waals surface area contributed by atoms with Gasteiger partial charge in [0.05, 0.1) is 15.1 Å². The van der Waals surface area contributed by atoms with Crippen LogP contribution in [0.2, 0.25) is 0 Å². The fourth-order valence-corrected chi connectivity index (χ4v) is 4.78. The van der Waals surface area contributed by atoms with Gasteiger partial charge < -0.3 is 14.4 Å². The van der Waals surface area contributed by atoms with Gasteiger partial charge in [0.2, 0.25) is 0 Å². The molecule has 5 rings (SSSR count). The van der Waals surface area contributed by atoms with Gasteiger partial charge in [-0.25, -0.2) is 4.98 Å². The molecule has 0 fully saturated rings. The quantitative estimate of drug-likeness (QED) is 0.438. The standard InChI is InChI=1S/C22H15N3O3S2/c1-25(13-6-8-14(26)9-7-13)22-24-20(27)19(30-22)12-15-10-11-17(28-15)21-23-16-4-2-3-5-18(16)29-21/h2-12,26H,1H3. The second kappa shape index (κ2) is 7.47. The number of thiazole rings is 1. The molecule has 0 aliphatic carbocycles. The summed E-state index contributed by atoms with van der Waals surface area (Å²) < 4.78 is 7.01. The van der Waals surface area contributed by atoms with Gasteiger partial charge >= 0.3 is 0 Å². The van der Waals surface area contributed by atoms with E-state index in [0.29, 0.717) is 21.6 Å². The number of aromatic hydroxyl groups is 1. The van der Waals surface area contributed by atoms with Gasteiger partial charge in [-0.15, -0.1) is 11.3 Å². The molecule has 148 valence electrons. The van der Waals surface area contributed by atoms with Crippen LogP contribution in [0.15, 0.2) is 75.0 Å². The Kier molecular flexibility index (Phi) is 4.65. The number of carbonyl (C=O) groups excluding carboxylic acids is 1. The van der Waals surface area contributed by atoms with Gasteiger partial charge in [0, 0.05) is 18.8 Å². The lowest BCUT2D eigenvalue weighted by molar-refractivity contribution is -0.113. The highest BCUT2D eigenvalue weighted by Crippen LogP contribution is 2.35. The third kappa shape index (κ3) is 3.51. The predicted octanol–water partition coefficient (Wildman–Crippen LogP) is 5.37. The molecule has 0 radical (unpaired) electrons. The van der Waals surface area contributed by atoms with Crippen molar-refractivity contribution in [3.8, 4) is 16.5 Å². The van der Waals surface area contributed by atoms with Crippen molar-refractivity contribution < 1.29 is 14.3 Å². The molecule has 6 nitrogen and oxygen atoms in total. The van der Waals surface area contributed by atoms with Crippen molar-refractivity contribution in [2.24, 2.45) is 4.99 Å². The van der Waals surface area contributed by atoms with Crippen LogP contribution >= 0.6 is 23.1 Å². The van der Waals surface area contributed by atoms with E-state index in [9.17, 15) is 9.90 Å². The van der Waals surface area contributed by atoms with E-state index in [1.165, 1.54) is 11.8 Å². The Balaban J connectivity index is 1.36. The van der Waals surface area contributed by atoms with Crippen LogP contribution in [0.1, 0.15) is 5.76 Å². The highest BCUT2D eigenvalue weighted by molar-refractivity contribution is 8.18. The fraction of sp³-hybridized carbons (Fsp3) is 0.0455. The highest BCUT2D eigenvalue weighted by atomic mass is 32.2. The molecular weight excluding hydrogens is 418 g/mol. The number of benzene rings is 2. The molecule has 0 unspecified atom stereocenters. The zero-order valence-electron chi connectivity index (χ0n) is 15.8. The van der Waals surface area contributed by atoms with Crippen LogP contribution in [0, 0.1) is 0 Å². The summed E-state index contributed by atoms with van der Waals surface area (Å²) in [6.45, 7) is 0. The molecule has 0 atom stereocenters. The van der Waals surface area contributed by atoms with Crippen molar-refractivity contribution >= 4 is 56.2 Å². The SMILES string of the molecule is CN(C1=NC(=O)C(=Cc2ccc(-c3nc4ccccc4s3)o2)S1)c1ccc(O)cc1. The predicted molar refractivity (Wildman–Crippen MR) is 122 cm³/mol. The lowest BCUT2D eigenvalue weighted by Gasteiger charge is -2.17. The number of rotatable bonds is 3. The summed E-state index contributed by atoms with van der Waals surface area (Å²) in [5.74, 6) is 1.12. The molecule has 0 saturated heterocycles. The number of phenols is 1. The Hall–Kier alpha value is -3.36. The number of amides is 1. The lowest BCUT2D eigenvalue weighted by atomic mass is 10.3. The number of anilines is 1. The molecule has 1 N–H and O–H groups in total. The minimum Gasteiger partial charge on any atom is -0.508 e. The van der Waals surface area contributed by atoms with Gasteiger partial charge in [-0.3, -0.25) is 4.79 Å². The molecule has 1 aliphatic heterocycles. The number of fused-ring (bicyclic) bond motifs is 1. The summed E-state index contributed by atoms with van der Waals surface area (Å²) in [6, 6.07) is 18.3. The van der Waals surface area contributed by atoms with Gasteiger partial charge in [0.15, 0.2) is 15.9 Å². The number of nitrogens with zero attached hydrogens (tertiary/aromatic N) is 3. The first-order chi connectivity index (χ1) is 14.6. The molecule has 2 aromatic heterocycles. The summed E-state index contributed by atoms with van der Waals surface area (Å²) >= 11 is 2.85. The van der Waals surface area contributed by atoms with Crippen molar-refractivity contribution in [2.45, 2.75) is 0 Å². The molecule has 30 heavy (non-hydrogen) atoms. The Bertz CT molecular complexity index is 1290. The number of furan rings is 1. The molecule has 0 saturated carbocycles. The van der Waals surface area contributed by atoms with Crippen molar-refractivity contribution in [3.63, 3.8) is 0 Å². The van der Waals surface area contributed by atoms with E-state index in [1.807, 2.05) is 43.4 Å². The number of phenolic OH excluding ortho intramolecular Hbond substituents is 1. The first kappa shape index (κ1) is 18.7. The van der Waals surface area contributed by atoms with Gasteiger partial charge in [0.25, 0.3) is 5.91 Å². The van der Waals surface area contributed by atoms with Crippen LogP contribution in [0.3, 0.4) is 0 Å². The molecule has 2 aromatic carbocycles. The number of hydrogen-bond acceptors (Lipinski definition) is 7. The Morgan fingerprint density at radius 1 is 1.07 bits per heavy atom. The summed E-state index contributed by atoms with van der Waals surface area (Å²) in [4.78, 5) is 23.4. The van der Waals surface area contributed by atoms with Crippen molar-refractivity contribution in [3.05, 3.63) is 71.3 Å². The second-order valence-electron chi connectivity index (χ2n) is 6.57. The minimum atomic E-state index is -0.307. The molecule has 1 amide bonds. The van der Waals surface area contributed by atoms with Gasteiger partial charge in [-0.1, -0.05) is 12.1 Å². The Morgan fingerprint density at radius 3 is 2.67 bits per heavy atom. The van der Waals surface area contributed by atoms with Gasteiger partial charge in [-0.05, 0) is 60.3 Å². The van der Waals surface area contributed by atoms with E-state index in [1.54, 1.807) is 46.6 Å². The Morgan fingerprint density at radius 2 is 1.87 bits per heavy atom. The number of aromatic nitrogens is 1. The highest BCUT2D eigenvalue weighted by Gasteiger charge is 2.25. The van der Waals surface area contributed by atoms with Crippen molar-refractivity contribution in [2.75, 3.05) is 11.9 Å². The normalized spacial score (nSPS) is 15.2. The van der Waals surface area contributed by atoms with Crippen LogP contribution in [0.25, 0.3) is 27.1 Å².